The van der Waals surface area contributed by atoms with Crippen LogP contribution in [0, 0.1) is 19.8 Å². The predicted octanol–water partition coefficient (Wildman–Crippen LogP) is 2.47. The first-order chi connectivity index (χ1) is 8.86. The van der Waals surface area contributed by atoms with E-state index in [9.17, 15) is 9.59 Å². The van der Waals surface area contributed by atoms with E-state index in [0.717, 1.165) is 11.3 Å². The SMILES string of the molecule is COC(=O)C(C)CN(C(C)=O)c1ccc(C)c(C)c1. The molecule has 1 aromatic rings. The number of nitrogens with zero attached hydrogens (tertiary/aromatic N) is 1. The molecule has 1 rings (SSSR count). The second kappa shape index (κ2) is 6.36. The zero-order chi connectivity index (χ0) is 14.6. The standard InChI is InChI=1S/C15H21NO3/c1-10-6-7-14(8-11(10)2)16(13(4)17)9-12(3)15(18)19-5/h6-8,12H,9H2,1-5H3. The largest absolute Gasteiger partial charge is 0.469 e. The van der Waals surface area contributed by atoms with E-state index in [1.165, 1.54) is 19.6 Å². The van der Waals surface area contributed by atoms with E-state index in [-0.39, 0.29) is 17.8 Å². The summed E-state index contributed by atoms with van der Waals surface area (Å²) in [6, 6.07) is 5.83. The Morgan fingerprint density at radius 2 is 1.89 bits per heavy atom. The van der Waals surface area contributed by atoms with Crippen molar-refractivity contribution in [2.24, 2.45) is 5.92 Å². The first-order valence-electron chi connectivity index (χ1n) is 6.30. The Bertz CT molecular complexity index is 482. The van der Waals surface area contributed by atoms with E-state index >= 15 is 0 Å². The van der Waals surface area contributed by atoms with Crippen LogP contribution < -0.4 is 4.90 Å². The second-order valence-electron chi connectivity index (χ2n) is 4.82. The van der Waals surface area contributed by atoms with Crippen LogP contribution in [0.5, 0.6) is 0 Å². The highest BCUT2D eigenvalue weighted by molar-refractivity contribution is 5.92. The lowest BCUT2D eigenvalue weighted by Gasteiger charge is -2.24. The molecule has 0 saturated heterocycles. The molecule has 0 bridgehead atoms. The third-order valence-electron chi connectivity index (χ3n) is 3.24. The summed E-state index contributed by atoms with van der Waals surface area (Å²) >= 11 is 0. The fourth-order valence-corrected chi connectivity index (χ4v) is 1.86. The number of rotatable bonds is 4. The van der Waals surface area contributed by atoms with E-state index < -0.39 is 0 Å². The summed E-state index contributed by atoms with van der Waals surface area (Å²) in [5.41, 5.74) is 3.11. The molecular weight excluding hydrogens is 242 g/mol. The van der Waals surface area contributed by atoms with Crippen LogP contribution in [0.25, 0.3) is 0 Å². The van der Waals surface area contributed by atoms with Gasteiger partial charge in [0.05, 0.1) is 13.0 Å². The summed E-state index contributed by atoms with van der Waals surface area (Å²) < 4.78 is 4.69. The maximum absolute atomic E-state index is 11.8. The van der Waals surface area contributed by atoms with Gasteiger partial charge in [0.25, 0.3) is 0 Å². The van der Waals surface area contributed by atoms with Crippen molar-refractivity contribution in [2.45, 2.75) is 27.7 Å². The smallest absolute Gasteiger partial charge is 0.310 e. The molecule has 0 aliphatic carbocycles. The third-order valence-corrected chi connectivity index (χ3v) is 3.24. The molecule has 4 nitrogen and oxygen atoms in total. The first-order valence-corrected chi connectivity index (χ1v) is 6.30. The summed E-state index contributed by atoms with van der Waals surface area (Å²) in [5, 5.41) is 0. The van der Waals surface area contributed by atoms with E-state index in [1.54, 1.807) is 11.8 Å². The van der Waals surface area contributed by atoms with E-state index in [0.29, 0.717) is 6.54 Å². The van der Waals surface area contributed by atoms with E-state index in [2.05, 4.69) is 0 Å². The Hall–Kier alpha value is -1.84. The van der Waals surface area contributed by atoms with Crippen LogP contribution in [0.3, 0.4) is 0 Å². The number of anilines is 1. The van der Waals surface area contributed by atoms with E-state index in [1.807, 2.05) is 32.0 Å². The molecule has 0 radical (unpaired) electrons. The van der Waals surface area contributed by atoms with Gasteiger partial charge in [-0.05, 0) is 37.1 Å². The van der Waals surface area contributed by atoms with Crippen molar-refractivity contribution in [3.05, 3.63) is 29.3 Å². The predicted molar refractivity (Wildman–Crippen MR) is 75.1 cm³/mol. The quantitative estimate of drug-likeness (QED) is 0.784. The summed E-state index contributed by atoms with van der Waals surface area (Å²) in [6.45, 7) is 7.60. The van der Waals surface area contributed by atoms with Crippen LogP contribution in [-0.4, -0.2) is 25.5 Å². The van der Waals surface area contributed by atoms with Crippen molar-refractivity contribution in [2.75, 3.05) is 18.6 Å². The molecule has 0 fully saturated rings. The van der Waals surface area contributed by atoms with Crippen molar-refractivity contribution < 1.29 is 14.3 Å². The molecule has 0 aromatic heterocycles. The van der Waals surface area contributed by atoms with Gasteiger partial charge in [0.2, 0.25) is 5.91 Å². The van der Waals surface area contributed by atoms with Crippen LogP contribution in [0.4, 0.5) is 5.69 Å². The molecule has 0 heterocycles. The molecule has 0 spiro atoms. The summed E-state index contributed by atoms with van der Waals surface area (Å²) in [5.74, 6) is -0.746. The molecule has 0 N–H and O–H groups in total. The molecule has 1 unspecified atom stereocenters. The van der Waals surface area contributed by atoms with Gasteiger partial charge in [-0.3, -0.25) is 9.59 Å². The Labute approximate surface area is 114 Å². The topological polar surface area (TPSA) is 46.6 Å². The Kier molecular flexibility index (Phi) is 5.10. The highest BCUT2D eigenvalue weighted by Crippen LogP contribution is 2.20. The molecule has 104 valence electrons. The Morgan fingerprint density at radius 1 is 1.26 bits per heavy atom. The van der Waals surface area contributed by atoms with Gasteiger partial charge in [0, 0.05) is 19.2 Å². The number of benzene rings is 1. The summed E-state index contributed by atoms with van der Waals surface area (Å²) in [4.78, 5) is 24.8. The number of carbonyl (C=O) groups excluding carboxylic acids is 2. The number of hydrogen-bond donors (Lipinski definition) is 0. The van der Waals surface area contributed by atoms with Gasteiger partial charge in [-0.15, -0.1) is 0 Å². The van der Waals surface area contributed by atoms with Gasteiger partial charge in [-0.1, -0.05) is 13.0 Å². The monoisotopic (exact) mass is 263 g/mol. The average molecular weight is 263 g/mol. The van der Waals surface area contributed by atoms with Crippen molar-refractivity contribution in [1.82, 2.24) is 0 Å². The van der Waals surface area contributed by atoms with Crippen LogP contribution >= 0.6 is 0 Å². The van der Waals surface area contributed by atoms with Gasteiger partial charge in [0.15, 0.2) is 0 Å². The summed E-state index contributed by atoms with van der Waals surface area (Å²) in [6.07, 6.45) is 0. The number of aryl methyl sites for hydroxylation is 2. The zero-order valence-corrected chi connectivity index (χ0v) is 12.2. The number of amides is 1. The third kappa shape index (κ3) is 3.81. The Morgan fingerprint density at radius 3 is 2.37 bits per heavy atom. The normalized spacial score (nSPS) is 11.8. The number of hydrogen-bond acceptors (Lipinski definition) is 3. The fourth-order valence-electron chi connectivity index (χ4n) is 1.86. The molecule has 4 heteroatoms. The maximum atomic E-state index is 11.8. The lowest BCUT2D eigenvalue weighted by atomic mass is 10.1. The van der Waals surface area contributed by atoms with Crippen molar-refractivity contribution in [3.63, 3.8) is 0 Å². The number of methoxy groups -OCH3 is 1. The van der Waals surface area contributed by atoms with Gasteiger partial charge < -0.3 is 9.64 Å². The van der Waals surface area contributed by atoms with Crippen molar-refractivity contribution in [3.8, 4) is 0 Å². The van der Waals surface area contributed by atoms with Crippen molar-refractivity contribution >= 4 is 17.6 Å². The molecule has 0 aliphatic rings. The van der Waals surface area contributed by atoms with Crippen LogP contribution in [0.2, 0.25) is 0 Å². The number of carbonyl (C=O) groups is 2. The van der Waals surface area contributed by atoms with Gasteiger partial charge >= 0.3 is 5.97 Å². The van der Waals surface area contributed by atoms with Crippen LogP contribution in [0.1, 0.15) is 25.0 Å². The van der Waals surface area contributed by atoms with Gasteiger partial charge in [-0.25, -0.2) is 0 Å². The molecule has 1 amide bonds. The molecule has 0 aliphatic heterocycles. The van der Waals surface area contributed by atoms with Gasteiger partial charge in [0.1, 0.15) is 0 Å². The number of ether oxygens (including phenoxy) is 1. The highest BCUT2D eigenvalue weighted by Gasteiger charge is 2.20. The van der Waals surface area contributed by atoms with Crippen LogP contribution in [0.15, 0.2) is 18.2 Å². The minimum absolute atomic E-state index is 0.0843. The van der Waals surface area contributed by atoms with Gasteiger partial charge in [-0.2, -0.15) is 0 Å². The first kappa shape index (κ1) is 15.2. The summed E-state index contributed by atoms with van der Waals surface area (Å²) in [7, 11) is 1.35. The minimum atomic E-state index is -0.351. The lowest BCUT2D eigenvalue weighted by Crippen LogP contribution is -2.35. The molecule has 1 atom stereocenters. The fraction of sp³-hybridized carbons (Fsp3) is 0.467. The second-order valence-corrected chi connectivity index (χ2v) is 4.82. The maximum Gasteiger partial charge on any atom is 0.310 e. The van der Waals surface area contributed by atoms with Crippen molar-refractivity contribution in [1.29, 1.82) is 0 Å². The zero-order valence-electron chi connectivity index (χ0n) is 12.2. The minimum Gasteiger partial charge on any atom is -0.469 e. The lowest BCUT2D eigenvalue weighted by molar-refractivity contribution is -0.144. The average Bonchev–Trinajstić information content (AvgIpc) is 2.37. The molecule has 19 heavy (non-hydrogen) atoms. The Balaban J connectivity index is 2.97. The number of esters is 1. The van der Waals surface area contributed by atoms with E-state index in [4.69, 9.17) is 4.74 Å². The highest BCUT2D eigenvalue weighted by atomic mass is 16.5. The van der Waals surface area contributed by atoms with Crippen LogP contribution in [-0.2, 0) is 14.3 Å². The molecule has 0 saturated carbocycles. The molecule has 1 aromatic carbocycles. The molecular formula is C15H21NO3.